The van der Waals surface area contributed by atoms with Gasteiger partial charge in [0.1, 0.15) is 0 Å². The van der Waals surface area contributed by atoms with Crippen LogP contribution in [0.1, 0.15) is 13.8 Å². The van der Waals surface area contributed by atoms with Gasteiger partial charge in [0.25, 0.3) is 0 Å². The minimum atomic E-state index is -4.73. The molecule has 0 amide bonds. The molecule has 0 saturated heterocycles. The van der Waals surface area contributed by atoms with E-state index in [1.54, 1.807) is 13.0 Å². The van der Waals surface area contributed by atoms with E-state index >= 15 is 0 Å². The normalized spacial score (nSPS) is 40.8. The molecule has 0 bridgehead atoms. The Morgan fingerprint density at radius 2 is 1.77 bits per heavy atom. The second kappa shape index (κ2) is 3.28. The molecule has 0 aromatic carbocycles. The van der Waals surface area contributed by atoms with Gasteiger partial charge >= 0.3 is 80.0 Å². The number of alkyl halides is 4. The monoisotopic (exact) mass is 262 g/mol. The zero-order valence-corrected chi connectivity index (χ0v) is 8.94. The number of halogens is 4. The van der Waals surface area contributed by atoms with E-state index in [0.29, 0.717) is 0 Å². The SMILES string of the molecule is C[C@@H]1C=C[C@H](C)[Se][C@]1(F)C(F)(F)F. The average Bonchev–Trinajstić information content (AvgIpc) is 1.95. The molecule has 0 saturated carbocycles. The summed E-state index contributed by atoms with van der Waals surface area (Å²) in [6.07, 6.45) is -1.75. The van der Waals surface area contributed by atoms with Crippen molar-refractivity contribution in [1.82, 2.24) is 0 Å². The van der Waals surface area contributed by atoms with Crippen LogP contribution in [0.15, 0.2) is 12.2 Å². The summed E-state index contributed by atoms with van der Waals surface area (Å²) in [4.78, 5) is -0.282. The molecule has 1 rings (SSSR count). The van der Waals surface area contributed by atoms with E-state index in [-0.39, 0.29) is 4.82 Å². The van der Waals surface area contributed by atoms with Crippen LogP contribution in [0.3, 0.4) is 0 Å². The Kier molecular flexibility index (Phi) is 2.79. The van der Waals surface area contributed by atoms with Gasteiger partial charge in [-0.05, 0) is 0 Å². The maximum atomic E-state index is 13.6. The van der Waals surface area contributed by atoms with E-state index in [1.165, 1.54) is 13.0 Å². The van der Waals surface area contributed by atoms with Gasteiger partial charge < -0.3 is 0 Å². The van der Waals surface area contributed by atoms with Crippen LogP contribution in [-0.2, 0) is 0 Å². The average molecular weight is 261 g/mol. The first-order chi connectivity index (χ1) is 5.77. The van der Waals surface area contributed by atoms with Crippen LogP contribution in [0, 0.1) is 5.92 Å². The maximum absolute atomic E-state index is 13.6. The van der Waals surface area contributed by atoms with Crippen LogP contribution in [0.2, 0.25) is 4.82 Å². The second-order valence-electron chi connectivity index (χ2n) is 3.14. The van der Waals surface area contributed by atoms with E-state index in [1.807, 2.05) is 0 Å². The molecule has 0 spiro atoms. The van der Waals surface area contributed by atoms with Crippen LogP contribution in [0.5, 0.6) is 0 Å². The van der Waals surface area contributed by atoms with Crippen molar-refractivity contribution >= 4 is 15.0 Å². The predicted octanol–water partition coefficient (Wildman–Crippen LogP) is 2.93. The van der Waals surface area contributed by atoms with Crippen LogP contribution < -0.4 is 0 Å². The summed E-state index contributed by atoms with van der Waals surface area (Å²) < 4.78 is 47.7. The van der Waals surface area contributed by atoms with Crippen molar-refractivity contribution in [3.05, 3.63) is 12.2 Å². The van der Waals surface area contributed by atoms with E-state index in [0.717, 1.165) is 0 Å². The Balaban J connectivity index is 2.96. The molecule has 1 aliphatic rings. The van der Waals surface area contributed by atoms with Crippen molar-refractivity contribution < 1.29 is 17.6 Å². The molecule has 3 atom stereocenters. The van der Waals surface area contributed by atoms with Crippen LogP contribution in [0.25, 0.3) is 0 Å². The second-order valence-corrected chi connectivity index (χ2v) is 6.44. The Labute approximate surface area is 80.5 Å². The Morgan fingerprint density at radius 1 is 1.23 bits per heavy atom. The van der Waals surface area contributed by atoms with E-state index in [2.05, 4.69) is 0 Å². The third kappa shape index (κ3) is 1.91. The van der Waals surface area contributed by atoms with Gasteiger partial charge in [-0.2, -0.15) is 0 Å². The van der Waals surface area contributed by atoms with Gasteiger partial charge in [0, 0.05) is 0 Å². The fraction of sp³-hybridized carbons (Fsp3) is 0.750. The standard InChI is InChI=1S/C8H10F4Se/c1-5-3-4-6(2)13-7(5,9)8(10,11)12/h3-6H,1-2H3/t5-,6+,7+/m1/s1. The van der Waals surface area contributed by atoms with Crippen molar-refractivity contribution in [1.29, 1.82) is 0 Å². The predicted molar refractivity (Wildman–Crippen MR) is 43.4 cm³/mol. The first kappa shape index (κ1) is 11.1. The number of allylic oxidation sites excluding steroid dienone is 2. The molecule has 76 valence electrons. The molecular weight excluding hydrogens is 251 g/mol. The molecule has 0 aromatic rings. The van der Waals surface area contributed by atoms with Gasteiger partial charge in [0.15, 0.2) is 0 Å². The van der Waals surface area contributed by atoms with Crippen molar-refractivity contribution in [2.24, 2.45) is 5.92 Å². The van der Waals surface area contributed by atoms with Gasteiger partial charge in [0.05, 0.1) is 0 Å². The molecule has 1 heterocycles. The minimum absolute atomic E-state index is 0.282. The third-order valence-corrected chi connectivity index (χ3v) is 5.10. The summed E-state index contributed by atoms with van der Waals surface area (Å²) in [7, 11) is 0. The van der Waals surface area contributed by atoms with Gasteiger partial charge in [-0.3, -0.25) is 0 Å². The molecule has 5 heteroatoms. The summed E-state index contributed by atoms with van der Waals surface area (Å²) in [5.74, 6) is -1.05. The van der Waals surface area contributed by atoms with Crippen LogP contribution in [-0.4, -0.2) is 25.7 Å². The van der Waals surface area contributed by atoms with E-state index in [9.17, 15) is 17.6 Å². The number of rotatable bonds is 0. The van der Waals surface area contributed by atoms with Crippen LogP contribution in [0.4, 0.5) is 17.6 Å². The molecule has 0 radical (unpaired) electrons. The summed E-state index contributed by atoms with van der Waals surface area (Å²) in [6.45, 7) is 2.89. The fourth-order valence-electron chi connectivity index (χ4n) is 1.19. The first-order valence-electron chi connectivity index (χ1n) is 3.89. The molecular formula is C8H10F4Se. The van der Waals surface area contributed by atoms with Crippen molar-refractivity contribution in [3.63, 3.8) is 0 Å². The zero-order valence-electron chi connectivity index (χ0n) is 7.23. The number of hydrogen-bond donors (Lipinski definition) is 0. The molecule has 1 aliphatic heterocycles. The van der Waals surface area contributed by atoms with Gasteiger partial charge in [-0.1, -0.05) is 0 Å². The van der Waals surface area contributed by atoms with Crippen molar-refractivity contribution in [2.45, 2.75) is 29.4 Å². The van der Waals surface area contributed by atoms with Crippen molar-refractivity contribution in [2.75, 3.05) is 0 Å². The summed E-state index contributed by atoms with van der Waals surface area (Å²) in [6, 6.07) is 0. The number of hydrogen-bond acceptors (Lipinski definition) is 0. The summed E-state index contributed by atoms with van der Waals surface area (Å²) >= 11 is -1.06. The molecule has 0 aliphatic carbocycles. The van der Waals surface area contributed by atoms with Gasteiger partial charge in [0.2, 0.25) is 0 Å². The Morgan fingerprint density at radius 3 is 2.15 bits per heavy atom. The molecule has 0 N–H and O–H groups in total. The molecule has 0 unspecified atom stereocenters. The van der Waals surface area contributed by atoms with E-state index in [4.69, 9.17) is 0 Å². The molecule has 0 aromatic heterocycles. The fourth-order valence-corrected chi connectivity index (χ4v) is 3.57. The van der Waals surface area contributed by atoms with Crippen molar-refractivity contribution in [3.8, 4) is 0 Å². The van der Waals surface area contributed by atoms with E-state index < -0.39 is 31.6 Å². The third-order valence-electron chi connectivity index (χ3n) is 2.00. The Bertz CT molecular complexity index is 223. The topological polar surface area (TPSA) is 0 Å². The first-order valence-corrected chi connectivity index (χ1v) is 5.73. The Hall–Kier alpha value is -0.0205. The molecule has 0 fully saturated rings. The molecule has 0 nitrogen and oxygen atoms in total. The quantitative estimate of drug-likeness (QED) is 0.357. The summed E-state index contributed by atoms with van der Waals surface area (Å²) in [5.41, 5.74) is 0. The van der Waals surface area contributed by atoms with Crippen LogP contribution >= 0.6 is 0 Å². The van der Waals surface area contributed by atoms with Gasteiger partial charge in [-0.25, -0.2) is 0 Å². The summed E-state index contributed by atoms with van der Waals surface area (Å²) in [5, 5.41) is 0. The molecule has 13 heavy (non-hydrogen) atoms. The zero-order chi connectivity index (χ0) is 10.3. The van der Waals surface area contributed by atoms with Gasteiger partial charge in [-0.15, -0.1) is 0 Å².